The molecule has 0 saturated carbocycles. The van der Waals surface area contributed by atoms with Gasteiger partial charge >= 0.3 is 0 Å². The highest BCUT2D eigenvalue weighted by Crippen LogP contribution is 2.08. The lowest BCUT2D eigenvalue weighted by Gasteiger charge is -2.17. The van der Waals surface area contributed by atoms with E-state index in [2.05, 4.69) is 12.2 Å². The normalized spacial score (nSPS) is 15.0. The molecule has 1 rings (SSSR count). The lowest BCUT2D eigenvalue weighted by Crippen LogP contribution is -2.31. The van der Waals surface area contributed by atoms with Gasteiger partial charge in [0.05, 0.1) is 12.6 Å². The summed E-state index contributed by atoms with van der Waals surface area (Å²) in [5, 5.41) is 21.7. The molecule has 0 saturated heterocycles. The van der Waals surface area contributed by atoms with Gasteiger partial charge in [0.1, 0.15) is 18.1 Å². The topological polar surface area (TPSA) is 65.6 Å². The maximum absolute atomic E-state index is 9.71. The first kappa shape index (κ1) is 13.2. The molecule has 92 valence electrons. The van der Waals surface area contributed by atoms with Gasteiger partial charge < -0.3 is 19.9 Å². The molecule has 1 aromatic heterocycles. The summed E-state index contributed by atoms with van der Waals surface area (Å²) in [5.74, 6) is 1.65. The number of hydrogen-bond donors (Lipinski definition) is 3. The first-order chi connectivity index (χ1) is 7.67. The predicted molar refractivity (Wildman–Crippen MR) is 61.8 cm³/mol. The second kappa shape index (κ2) is 6.68. The highest BCUT2D eigenvalue weighted by molar-refractivity contribution is 5.06. The van der Waals surface area contributed by atoms with Gasteiger partial charge in [-0.05, 0) is 18.1 Å². The zero-order chi connectivity index (χ0) is 12.0. The van der Waals surface area contributed by atoms with Gasteiger partial charge in [-0.3, -0.25) is 0 Å². The van der Waals surface area contributed by atoms with Crippen LogP contribution in [0.2, 0.25) is 0 Å². The van der Waals surface area contributed by atoms with E-state index in [4.69, 9.17) is 9.52 Å². The fourth-order valence-electron chi connectivity index (χ4n) is 1.42. The average molecular weight is 227 g/mol. The summed E-state index contributed by atoms with van der Waals surface area (Å²) in [4.78, 5) is 0. The zero-order valence-corrected chi connectivity index (χ0v) is 9.94. The number of rotatable bonds is 7. The molecule has 4 heteroatoms. The van der Waals surface area contributed by atoms with Crippen molar-refractivity contribution in [1.29, 1.82) is 0 Å². The number of aliphatic hydroxyl groups is 2. The minimum absolute atomic E-state index is 0.0739. The summed E-state index contributed by atoms with van der Waals surface area (Å²) in [5.41, 5.74) is 0. The quantitative estimate of drug-likeness (QED) is 0.656. The lowest BCUT2D eigenvalue weighted by atomic mass is 10.0. The third-order valence-corrected chi connectivity index (χ3v) is 2.83. The van der Waals surface area contributed by atoms with Gasteiger partial charge in [-0.25, -0.2) is 0 Å². The Morgan fingerprint density at radius 2 is 2.06 bits per heavy atom. The van der Waals surface area contributed by atoms with E-state index in [9.17, 15) is 5.11 Å². The lowest BCUT2D eigenvalue weighted by molar-refractivity contribution is 0.112. The molecule has 1 heterocycles. The van der Waals surface area contributed by atoms with Crippen LogP contribution in [0.3, 0.4) is 0 Å². The molecule has 4 nitrogen and oxygen atoms in total. The third-order valence-electron chi connectivity index (χ3n) is 2.83. The molecule has 16 heavy (non-hydrogen) atoms. The van der Waals surface area contributed by atoms with Crippen LogP contribution in [0, 0.1) is 5.92 Å². The van der Waals surface area contributed by atoms with E-state index in [0.717, 1.165) is 12.2 Å². The van der Waals surface area contributed by atoms with Crippen molar-refractivity contribution in [2.45, 2.75) is 39.5 Å². The predicted octanol–water partition coefficient (Wildman–Crippen LogP) is 1.27. The van der Waals surface area contributed by atoms with Crippen LogP contribution in [0.15, 0.2) is 16.5 Å². The van der Waals surface area contributed by atoms with Crippen LogP contribution in [0.4, 0.5) is 0 Å². The van der Waals surface area contributed by atoms with E-state index in [1.807, 2.05) is 13.0 Å². The van der Waals surface area contributed by atoms with Crippen LogP contribution in [0.1, 0.15) is 31.8 Å². The number of nitrogens with one attached hydrogen (secondary N) is 1. The number of furan rings is 1. The van der Waals surface area contributed by atoms with Crippen molar-refractivity contribution in [3.63, 3.8) is 0 Å². The van der Waals surface area contributed by atoms with Crippen molar-refractivity contribution in [3.8, 4) is 0 Å². The van der Waals surface area contributed by atoms with Crippen LogP contribution in [0.25, 0.3) is 0 Å². The molecule has 3 N–H and O–H groups in total. The molecule has 1 aromatic rings. The highest BCUT2D eigenvalue weighted by atomic mass is 16.4. The van der Waals surface area contributed by atoms with E-state index in [-0.39, 0.29) is 12.7 Å². The Morgan fingerprint density at radius 1 is 1.38 bits per heavy atom. The molecule has 0 aliphatic rings. The van der Waals surface area contributed by atoms with Crippen LogP contribution in [0.5, 0.6) is 0 Å². The molecule has 0 aliphatic carbocycles. The fourth-order valence-corrected chi connectivity index (χ4v) is 1.42. The summed E-state index contributed by atoms with van der Waals surface area (Å²) >= 11 is 0. The second-order valence-electron chi connectivity index (χ2n) is 4.11. The standard InChI is InChI=1S/C12H21NO3/c1-3-9(2)12(15)7-13-6-10-4-5-11(8-14)16-10/h4-5,9,12-15H,3,6-8H2,1-2H3. The molecule has 2 unspecified atom stereocenters. The third kappa shape index (κ3) is 3.96. The molecule has 0 radical (unpaired) electrons. The first-order valence-electron chi connectivity index (χ1n) is 5.74. The van der Waals surface area contributed by atoms with Crippen LogP contribution in [-0.2, 0) is 13.2 Å². The molecule has 0 aliphatic heterocycles. The minimum atomic E-state index is -0.322. The van der Waals surface area contributed by atoms with Crippen molar-refractivity contribution >= 4 is 0 Å². The van der Waals surface area contributed by atoms with E-state index in [1.165, 1.54) is 0 Å². The maximum atomic E-state index is 9.71. The maximum Gasteiger partial charge on any atom is 0.129 e. The Bertz CT molecular complexity index is 298. The van der Waals surface area contributed by atoms with Crippen LogP contribution in [-0.4, -0.2) is 22.9 Å². The molecule has 0 spiro atoms. The largest absolute Gasteiger partial charge is 0.462 e. The molecule has 0 aromatic carbocycles. The molecular weight excluding hydrogens is 206 g/mol. The Balaban J connectivity index is 2.24. The molecule has 0 fully saturated rings. The smallest absolute Gasteiger partial charge is 0.129 e. The monoisotopic (exact) mass is 227 g/mol. The van der Waals surface area contributed by atoms with E-state index >= 15 is 0 Å². The summed E-state index contributed by atoms with van der Waals surface area (Å²) in [7, 11) is 0. The van der Waals surface area contributed by atoms with Crippen molar-refractivity contribution in [3.05, 3.63) is 23.7 Å². The summed E-state index contributed by atoms with van der Waals surface area (Å²) in [6.45, 7) is 5.16. The number of hydrogen-bond acceptors (Lipinski definition) is 4. The van der Waals surface area contributed by atoms with Crippen molar-refractivity contribution in [2.24, 2.45) is 5.92 Å². The molecule has 0 bridgehead atoms. The van der Waals surface area contributed by atoms with Crippen LogP contribution < -0.4 is 5.32 Å². The minimum Gasteiger partial charge on any atom is -0.462 e. The van der Waals surface area contributed by atoms with Crippen LogP contribution >= 0.6 is 0 Å². The van der Waals surface area contributed by atoms with Gasteiger partial charge in [0.2, 0.25) is 0 Å². The van der Waals surface area contributed by atoms with Gasteiger partial charge in [0.25, 0.3) is 0 Å². The van der Waals surface area contributed by atoms with E-state index < -0.39 is 0 Å². The zero-order valence-electron chi connectivity index (χ0n) is 9.94. The summed E-state index contributed by atoms with van der Waals surface area (Å²) in [6.07, 6.45) is 0.649. The van der Waals surface area contributed by atoms with Crippen molar-refractivity contribution < 1.29 is 14.6 Å². The van der Waals surface area contributed by atoms with Gasteiger partial charge in [-0.2, -0.15) is 0 Å². The Kier molecular flexibility index (Phi) is 5.52. The van der Waals surface area contributed by atoms with E-state index in [1.54, 1.807) is 6.07 Å². The molecular formula is C12H21NO3. The van der Waals surface area contributed by atoms with Gasteiger partial charge in [0.15, 0.2) is 0 Å². The fraction of sp³-hybridized carbons (Fsp3) is 0.667. The first-order valence-corrected chi connectivity index (χ1v) is 5.74. The highest BCUT2D eigenvalue weighted by Gasteiger charge is 2.11. The van der Waals surface area contributed by atoms with E-state index in [0.29, 0.717) is 24.8 Å². The van der Waals surface area contributed by atoms with Gasteiger partial charge in [-0.15, -0.1) is 0 Å². The molecule has 0 amide bonds. The number of aliphatic hydroxyl groups excluding tert-OH is 2. The Hall–Kier alpha value is -0.840. The van der Waals surface area contributed by atoms with Crippen molar-refractivity contribution in [1.82, 2.24) is 5.32 Å². The summed E-state index contributed by atoms with van der Waals surface area (Å²) in [6, 6.07) is 3.58. The SMILES string of the molecule is CCC(C)C(O)CNCc1ccc(CO)o1. The average Bonchev–Trinajstić information content (AvgIpc) is 2.75. The molecule has 2 atom stereocenters. The van der Waals surface area contributed by atoms with Gasteiger partial charge in [-0.1, -0.05) is 20.3 Å². The Morgan fingerprint density at radius 3 is 2.62 bits per heavy atom. The summed E-state index contributed by atoms with van der Waals surface area (Å²) < 4.78 is 5.31. The van der Waals surface area contributed by atoms with Gasteiger partial charge in [0, 0.05) is 6.54 Å². The van der Waals surface area contributed by atoms with Crippen molar-refractivity contribution in [2.75, 3.05) is 6.54 Å². The Labute approximate surface area is 96.3 Å². The second-order valence-corrected chi connectivity index (χ2v) is 4.11.